The van der Waals surface area contributed by atoms with Crippen molar-refractivity contribution in [2.45, 2.75) is 13.5 Å². The minimum atomic E-state index is 0.467. The largest absolute Gasteiger partial charge is 0.361 e. The van der Waals surface area contributed by atoms with E-state index in [0.29, 0.717) is 18.3 Å². The van der Waals surface area contributed by atoms with E-state index in [2.05, 4.69) is 31.5 Å². The lowest BCUT2D eigenvalue weighted by Crippen LogP contribution is -2.11. The predicted octanol–water partition coefficient (Wildman–Crippen LogP) is 2.81. The fraction of sp³-hybridized carbons (Fsp3) is 0.211. The minimum absolute atomic E-state index is 0.467. The molecule has 8 nitrogen and oxygen atoms in total. The van der Waals surface area contributed by atoms with E-state index in [4.69, 9.17) is 4.52 Å². The summed E-state index contributed by atoms with van der Waals surface area (Å²) in [5, 5.41) is 17.1. The van der Waals surface area contributed by atoms with Crippen LogP contribution in [-0.2, 0) is 6.54 Å². The maximum Gasteiger partial charge on any atom is 0.223 e. The number of aromatic nitrogens is 6. The molecule has 0 aliphatic heterocycles. The van der Waals surface area contributed by atoms with Crippen molar-refractivity contribution < 1.29 is 4.52 Å². The van der Waals surface area contributed by atoms with Gasteiger partial charge in [0.15, 0.2) is 11.6 Å². The monoisotopic (exact) mass is 361 g/mol. The first kappa shape index (κ1) is 16.9. The summed E-state index contributed by atoms with van der Waals surface area (Å²) in [6.45, 7) is 2.24. The maximum atomic E-state index is 5.00. The van der Waals surface area contributed by atoms with Gasteiger partial charge in [-0.3, -0.25) is 4.68 Å². The summed E-state index contributed by atoms with van der Waals surface area (Å²) < 4.78 is 6.79. The van der Waals surface area contributed by atoms with Crippen LogP contribution < -0.4 is 4.90 Å². The van der Waals surface area contributed by atoms with Crippen LogP contribution in [0, 0.1) is 6.92 Å². The lowest BCUT2D eigenvalue weighted by atomic mass is 10.1. The van der Waals surface area contributed by atoms with Crippen LogP contribution in [0.2, 0.25) is 0 Å². The number of hydrogen-bond donors (Lipinski definition) is 0. The molecular formula is C19H19N7O. The second-order valence-electron chi connectivity index (χ2n) is 6.38. The Balaban J connectivity index is 1.57. The van der Waals surface area contributed by atoms with Gasteiger partial charge in [0.2, 0.25) is 5.89 Å². The van der Waals surface area contributed by atoms with Crippen molar-refractivity contribution in [1.29, 1.82) is 0 Å². The van der Waals surface area contributed by atoms with Crippen LogP contribution in [0.1, 0.15) is 11.7 Å². The van der Waals surface area contributed by atoms with Crippen molar-refractivity contribution in [3.05, 3.63) is 60.4 Å². The normalized spacial score (nSPS) is 10.9. The number of rotatable bonds is 5. The molecule has 0 aliphatic carbocycles. The lowest BCUT2D eigenvalue weighted by molar-refractivity contribution is 0.385. The zero-order valence-electron chi connectivity index (χ0n) is 15.4. The molecular weight excluding hydrogens is 342 g/mol. The van der Waals surface area contributed by atoms with Crippen molar-refractivity contribution in [1.82, 2.24) is 30.1 Å². The number of benzene rings is 1. The van der Waals surface area contributed by atoms with Crippen molar-refractivity contribution in [3.63, 3.8) is 0 Å². The Bertz CT molecular complexity index is 1050. The van der Waals surface area contributed by atoms with Crippen LogP contribution in [0.3, 0.4) is 0 Å². The van der Waals surface area contributed by atoms with Crippen molar-refractivity contribution >= 4 is 5.82 Å². The van der Waals surface area contributed by atoms with Crippen LogP contribution in [0.25, 0.3) is 22.5 Å². The van der Waals surface area contributed by atoms with E-state index in [1.54, 1.807) is 11.6 Å². The van der Waals surface area contributed by atoms with Crippen molar-refractivity contribution in [2.24, 2.45) is 0 Å². The quantitative estimate of drug-likeness (QED) is 0.540. The molecule has 0 fully saturated rings. The smallest absolute Gasteiger partial charge is 0.223 e. The molecule has 8 heteroatoms. The predicted molar refractivity (Wildman–Crippen MR) is 101 cm³/mol. The van der Waals surface area contributed by atoms with Crippen LogP contribution >= 0.6 is 0 Å². The highest BCUT2D eigenvalue weighted by molar-refractivity contribution is 5.69. The third-order valence-electron chi connectivity index (χ3n) is 4.08. The molecule has 136 valence electrons. The molecule has 0 unspecified atom stereocenters. The molecule has 3 aromatic heterocycles. The van der Waals surface area contributed by atoms with E-state index in [9.17, 15) is 0 Å². The number of aryl methyl sites for hydroxylation is 1. The Morgan fingerprint density at radius 1 is 1.00 bits per heavy atom. The van der Waals surface area contributed by atoms with Crippen molar-refractivity contribution in [2.75, 3.05) is 19.0 Å². The summed E-state index contributed by atoms with van der Waals surface area (Å²) in [5.41, 5.74) is 3.70. The molecule has 0 amide bonds. The Labute approximate surface area is 156 Å². The van der Waals surface area contributed by atoms with Gasteiger partial charge in [0, 0.05) is 38.3 Å². The van der Waals surface area contributed by atoms with Crippen LogP contribution in [0.15, 0.2) is 53.2 Å². The number of nitrogens with zero attached hydrogens (tertiary/aromatic N) is 7. The number of anilines is 1. The third-order valence-corrected chi connectivity index (χ3v) is 4.08. The van der Waals surface area contributed by atoms with Crippen LogP contribution in [-0.4, -0.2) is 44.2 Å². The summed E-state index contributed by atoms with van der Waals surface area (Å²) in [5.74, 6) is 1.98. The zero-order valence-corrected chi connectivity index (χ0v) is 15.4. The number of hydrogen-bond acceptors (Lipinski definition) is 7. The molecule has 4 rings (SSSR count). The van der Waals surface area contributed by atoms with Gasteiger partial charge in [-0.15, -0.1) is 10.2 Å². The first-order valence-corrected chi connectivity index (χ1v) is 8.53. The van der Waals surface area contributed by atoms with Gasteiger partial charge in [-0.25, -0.2) is 0 Å². The zero-order chi connectivity index (χ0) is 18.8. The van der Waals surface area contributed by atoms with Gasteiger partial charge in [0.05, 0.1) is 11.4 Å². The van der Waals surface area contributed by atoms with E-state index in [1.807, 2.05) is 61.6 Å². The standard InChI is InChI=1S/C19H19N7O/c1-13-20-18(24-27-13)12-26-10-9-17(23-26)15-6-4-5-14(11-15)16-7-8-19(22-21-16)25(2)3/h4-11H,12H2,1-3H3. The van der Waals surface area contributed by atoms with E-state index < -0.39 is 0 Å². The topological polar surface area (TPSA) is 85.8 Å². The molecule has 0 saturated heterocycles. The van der Waals surface area contributed by atoms with Crippen LogP contribution in [0.5, 0.6) is 0 Å². The molecule has 4 aromatic rings. The average Bonchev–Trinajstić information content (AvgIpc) is 3.31. The van der Waals surface area contributed by atoms with Gasteiger partial charge in [-0.05, 0) is 24.3 Å². The molecule has 3 heterocycles. The molecule has 0 N–H and O–H groups in total. The van der Waals surface area contributed by atoms with Gasteiger partial charge in [0.25, 0.3) is 0 Å². The third kappa shape index (κ3) is 3.69. The van der Waals surface area contributed by atoms with Gasteiger partial charge >= 0.3 is 0 Å². The van der Waals surface area contributed by atoms with Gasteiger partial charge in [-0.2, -0.15) is 10.1 Å². The molecule has 0 bridgehead atoms. The SMILES string of the molecule is Cc1nc(Cn2ccc(-c3cccc(-c4ccc(N(C)C)nn4)c3)n2)no1. The molecule has 0 saturated carbocycles. The Morgan fingerprint density at radius 2 is 1.81 bits per heavy atom. The Kier molecular flexibility index (Phi) is 4.37. The second-order valence-corrected chi connectivity index (χ2v) is 6.38. The molecule has 0 spiro atoms. The summed E-state index contributed by atoms with van der Waals surface area (Å²) in [6.07, 6.45) is 1.90. The summed E-state index contributed by atoms with van der Waals surface area (Å²) in [4.78, 5) is 6.13. The van der Waals surface area contributed by atoms with Crippen molar-refractivity contribution in [3.8, 4) is 22.5 Å². The fourth-order valence-corrected chi connectivity index (χ4v) is 2.71. The molecule has 0 atom stereocenters. The highest BCUT2D eigenvalue weighted by atomic mass is 16.5. The summed E-state index contributed by atoms with van der Waals surface area (Å²) in [7, 11) is 3.88. The summed E-state index contributed by atoms with van der Waals surface area (Å²) >= 11 is 0. The molecule has 1 aromatic carbocycles. The second kappa shape index (κ2) is 6.99. The molecule has 27 heavy (non-hydrogen) atoms. The first-order valence-electron chi connectivity index (χ1n) is 8.53. The highest BCUT2D eigenvalue weighted by Crippen LogP contribution is 2.24. The van der Waals surface area contributed by atoms with Gasteiger partial charge in [-0.1, -0.05) is 23.4 Å². The highest BCUT2D eigenvalue weighted by Gasteiger charge is 2.09. The first-order chi connectivity index (χ1) is 13.1. The average molecular weight is 361 g/mol. The minimum Gasteiger partial charge on any atom is -0.361 e. The van der Waals surface area contributed by atoms with Gasteiger partial charge in [0.1, 0.15) is 6.54 Å². The van der Waals surface area contributed by atoms with E-state index in [0.717, 1.165) is 28.3 Å². The maximum absolute atomic E-state index is 5.00. The Hall–Kier alpha value is -3.55. The fourth-order valence-electron chi connectivity index (χ4n) is 2.71. The Morgan fingerprint density at radius 3 is 2.48 bits per heavy atom. The summed E-state index contributed by atoms with van der Waals surface area (Å²) in [6, 6.07) is 14.0. The van der Waals surface area contributed by atoms with E-state index >= 15 is 0 Å². The van der Waals surface area contributed by atoms with Crippen LogP contribution in [0.4, 0.5) is 5.82 Å². The van der Waals surface area contributed by atoms with Gasteiger partial charge < -0.3 is 9.42 Å². The van der Waals surface area contributed by atoms with E-state index in [1.165, 1.54) is 0 Å². The molecule has 0 radical (unpaired) electrons. The lowest BCUT2D eigenvalue weighted by Gasteiger charge is -2.10. The van der Waals surface area contributed by atoms with E-state index in [-0.39, 0.29) is 0 Å². The molecule has 0 aliphatic rings.